The number of piperazine rings is 1. The van der Waals surface area contributed by atoms with Crippen LogP contribution in [-0.2, 0) is 6.54 Å². The first kappa shape index (κ1) is 16.9. The molecule has 1 fully saturated rings. The molecule has 0 bridgehead atoms. The van der Waals surface area contributed by atoms with Crippen molar-refractivity contribution in [2.24, 2.45) is 0 Å². The lowest BCUT2D eigenvalue weighted by Crippen LogP contribution is -2.46. The third kappa shape index (κ3) is 3.39. The van der Waals surface area contributed by atoms with E-state index in [-0.39, 0.29) is 5.82 Å². The Morgan fingerprint density at radius 1 is 1.08 bits per heavy atom. The molecule has 136 valence electrons. The fraction of sp³-hybridized carbons (Fsp3) is 0.421. The summed E-state index contributed by atoms with van der Waals surface area (Å²) < 4.78 is 14.8. The normalized spacial score (nSPS) is 15.9. The third-order valence-corrected chi connectivity index (χ3v) is 4.89. The number of hydrogen-bond acceptors (Lipinski definition) is 5. The number of hydrogen-bond donors (Lipinski definition) is 0. The summed E-state index contributed by atoms with van der Waals surface area (Å²) in [6.45, 7) is 8.89. The van der Waals surface area contributed by atoms with Crippen LogP contribution >= 0.6 is 0 Å². The number of benzene rings is 1. The van der Waals surface area contributed by atoms with E-state index in [0.29, 0.717) is 5.92 Å². The van der Waals surface area contributed by atoms with Crippen LogP contribution in [0.5, 0.6) is 0 Å². The molecule has 1 aliphatic rings. The van der Waals surface area contributed by atoms with Crippen molar-refractivity contribution in [2.45, 2.75) is 26.3 Å². The molecule has 2 aromatic heterocycles. The largest absolute Gasteiger partial charge is 0.366 e. The molecule has 0 saturated carbocycles. The molecule has 4 rings (SSSR count). The second-order valence-electron chi connectivity index (χ2n) is 7.10. The van der Waals surface area contributed by atoms with E-state index in [1.54, 1.807) is 10.8 Å². The predicted molar refractivity (Wildman–Crippen MR) is 98.8 cm³/mol. The van der Waals surface area contributed by atoms with Gasteiger partial charge in [-0.3, -0.25) is 4.90 Å². The molecular formula is C19H23FN6. The molecule has 0 spiro atoms. The molecule has 0 unspecified atom stereocenters. The molecule has 1 aliphatic heterocycles. The first-order valence-electron chi connectivity index (χ1n) is 9.03. The van der Waals surface area contributed by atoms with Gasteiger partial charge in [0.05, 0.1) is 11.4 Å². The van der Waals surface area contributed by atoms with Crippen molar-refractivity contribution in [1.29, 1.82) is 0 Å². The molecule has 1 saturated heterocycles. The average molecular weight is 354 g/mol. The Kier molecular flexibility index (Phi) is 4.55. The first-order valence-corrected chi connectivity index (χ1v) is 9.03. The van der Waals surface area contributed by atoms with Gasteiger partial charge in [-0.1, -0.05) is 26.0 Å². The van der Waals surface area contributed by atoms with Crippen molar-refractivity contribution < 1.29 is 4.39 Å². The maximum atomic E-state index is 13.1. The zero-order valence-corrected chi connectivity index (χ0v) is 15.1. The van der Waals surface area contributed by atoms with Crippen LogP contribution in [0.2, 0.25) is 0 Å². The number of anilines is 1. The minimum Gasteiger partial charge on any atom is -0.366 e. The summed E-state index contributed by atoms with van der Waals surface area (Å²) in [5.74, 6) is 0.162. The number of fused-ring (bicyclic) bond motifs is 1. The smallest absolute Gasteiger partial charge is 0.200 e. The van der Waals surface area contributed by atoms with Crippen molar-refractivity contribution >= 4 is 11.3 Å². The summed E-state index contributed by atoms with van der Waals surface area (Å²) >= 11 is 0. The monoisotopic (exact) mass is 354 g/mol. The van der Waals surface area contributed by atoms with Gasteiger partial charge in [-0.15, -0.1) is 10.2 Å². The molecule has 6 nitrogen and oxygen atoms in total. The second kappa shape index (κ2) is 6.99. The van der Waals surface area contributed by atoms with Gasteiger partial charge in [-0.25, -0.2) is 4.39 Å². The third-order valence-electron chi connectivity index (χ3n) is 4.89. The molecule has 0 atom stereocenters. The van der Waals surface area contributed by atoms with Gasteiger partial charge < -0.3 is 4.90 Å². The highest BCUT2D eigenvalue weighted by atomic mass is 19.1. The van der Waals surface area contributed by atoms with E-state index in [1.807, 2.05) is 12.1 Å². The zero-order chi connectivity index (χ0) is 18.1. The fourth-order valence-electron chi connectivity index (χ4n) is 3.34. The zero-order valence-electron chi connectivity index (χ0n) is 15.1. The van der Waals surface area contributed by atoms with Gasteiger partial charge in [0.2, 0.25) is 5.65 Å². The van der Waals surface area contributed by atoms with Crippen LogP contribution in [0.1, 0.15) is 31.0 Å². The lowest BCUT2D eigenvalue weighted by Gasteiger charge is -2.36. The lowest BCUT2D eigenvalue weighted by atomic mass is 10.1. The summed E-state index contributed by atoms with van der Waals surface area (Å²) in [5, 5.41) is 12.9. The van der Waals surface area contributed by atoms with Crippen molar-refractivity contribution in [3.05, 3.63) is 53.7 Å². The van der Waals surface area contributed by atoms with E-state index in [2.05, 4.69) is 45.0 Å². The Morgan fingerprint density at radius 2 is 1.81 bits per heavy atom. The van der Waals surface area contributed by atoms with Crippen LogP contribution in [0.15, 0.2) is 36.7 Å². The number of halogens is 1. The van der Waals surface area contributed by atoms with E-state index in [4.69, 9.17) is 0 Å². The molecule has 0 radical (unpaired) electrons. The summed E-state index contributed by atoms with van der Waals surface area (Å²) in [7, 11) is 0. The summed E-state index contributed by atoms with van der Waals surface area (Å²) in [5.41, 5.74) is 4.09. The summed E-state index contributed by atoms with van der Waals surface area (Å²) in [4.78, 5) is 4.76. The molecule has 3 aromatic rings. The van der Waals surface area contributed by atoms with E-state index >= 15 is 0 Å². The van der Waals surface area contributed by atoms with Crippen molar-refractivity contribution in [1.82, 2.24) is 24.7 Å². The Bertz CT molecular complexity index is 881. The van der Waals surface area contributed by atoms with Crippen molar-refractivity contribution in [3.63, 3.8) is 0 Å². The van der Waals surface area contributed by atoms with Gasteiger partial charge in [0.1, 0.15) is 12.1 Å². The molecule has 3 heterocycles. The Labute approximate surface area is 152 Å². The van der Waals surface area contributed by atoms with Gasteiger partial charge in [-0.2, -0.15) is 9.61 Å². The number of aromatic nitrogens is 4. The van der Waals surface area contributed by atoms with Crippen LogP contribution < -0.4 is 4.90 Å². The minimum absolute atomic E-state index is 0.186. The van der Waals surface area contributed by atoms with Gasteiger partial charge in [0.25, 0.3) is 0 Å². The molecule has 0 N–H and O–H groups in total. The molecular weight excluding hydrogens is 331 g/mol. The second-order valence-corrected chi connectivity index (χ2v) is 7.10. The SMILES string of the molecule is CC(C)c1cc(N2CCN(Cc3ccc(F)cc3)CC2)c2nncn2n1. The average Bonchev–Trinajstić information content (AvgIpc) is 3.12. The topological polar surface area (TPSA) is 49.6 Å². The van der Waals surface area contributed by atoms with E-state index < -0.39 is 0 Å². The van der Waals surface area contributed by atoms with Crippen LogP contribution in [0.3, 0.4) is 0 Å². The highest BCUT2D eigenvalue weighted by Crippen LogP contribution is 2.25. The Balaban J connectivity index is 1.48. The van der Waals surface area contributed by atoms with Crippen LogP contribution in [0, 0.1) is 5.82 Å². The van der Waals surface area contributed by atoms with Crippen LogP contribution in [0.25, 0.3) is 5.65 Å². The molecule has 0 aliphatic carbocycles. The highest BCUT2D eigenvalue weighted by molar-refractivity contribution is 5.68. The van der Waals surface area contributed by atoms with E-state index in [0.717, 1.165) is 55.3 Å². The number of rotatable bonds is 4. The maximum absolute atomic E-state index is 13.1. The van der Waals surface area contributed by atoms with Crippen LogP contribution in [-0.4, -0.2) is 50.9 Å². The van der Waals surface area contributed by atoms with Crippen molar-refractivity contribution in [3.8, 4) is 0 Å². The van der Waals surface area contributed by atoms with Gasteiger partial charge in [-0.05, 0) is 29.7 Å². The molecule has 1 aromatic carbocycles. The molecule has 7 heteroatoms. The Morgan fingerprint density at radius 3 is 2.50 bits per heavy atom. The number of nitrogens with zero attached hydrogens (tertiary/aromatic N) is 6. The van der Waals surface area contributed by atoms with Gasteiger partial charge in [0.15, 0.2) is 0 Å². The fourth-order valence-corrected chi connectivity index (χ4v) is 3.34. The standard InChI is InChI=1S/C19H23FN6/c1-14(2)17-11-18(19-22-21-13-26(19)23-17)25-9-7-24(8-10-25)12-15-3-5-16(20)6-4-15/h3-6,11,13-14H,7-10,12H2,1-2H3. The lowest BCUT2D eigenvalue weighted by molar-refractivity contribution is 0.250. The first-order chi connectivity index (χ1) is 12.6. The summed E-state index contributed by atoms with van der Waals surface area (Å²) in [6, 6.07) is 8.92. The quantitative estimate of drug-likeness (QED) is 0.721. The summed E-state index contributed by atoms with van der Waals surface area (Å²) in [6.07, 6.45) is 1.66. The Hall–Kier alpha value is -2.54. The van der Waals surface area contributed by atoms with Gasteiger partial charge in [0, 0.05) is 32.7 Å². The molecule has 26 heavy (non-hydrogen) atoms. The minimum atomic E-state index is -0.186. The van der Waals surface area contributed by atoms with Crippen LogP contribution in [0.4, 0.5) is 10.1 Å². The van der Waals surface area contributed by atoms with E-state index in [9.17, 15) is 4.39 Å². The highest BCUT2D eigenvalue weighted by Gasteiger charge is 2.21. The van der Waals surface area contributed by atoms with Crippen molar-refractivity contribution in [2.75, 3.05) is 31.1 Å². The maximum Gasteiger partial charge on any atom is 0.200 e. The predicted octanol–water partition coefficient (Wildman–Crippen LogP) is 2.71. The van der Waals surface area contributed by atoms with Gasteiger partial charge >= 0.3 is 0 Å². The molecule has 0 amide bonds. The van der Waals surface area contributed by atoms with E-state index in [1.165, 1.54) is 12.1 Å².